The van der Waals surface area contributed by atoms with Gasteiger partial charge in [0.2, 0.25) is 0 Å². The highest BCUT2D eigenvalue weighted by molar-refractivity contribution is 6.04. The van der Waals surface area contributed by atoms with Gasteiger partial charge in [0, 0.05) is 24.3 Å². The number of anilines is 1. The number of nitrogens with zero attached hydrogens (tertiary/aromatic N) is 1. The highest BCUT2D eigenvalue weighted by atomic mass is 16.1. The van der Waals surface area contributed by atoms with E-state index in [0.29, 0.717) is 6.54 Å². The number of hydrogen-bond donors (Lipinski definition) is 4. The van der Waals surface area contributed by atoms with Gasteiger partial charge in [-0.25, -0.2) is 4.98 Å². The van der Waals surface area contributed by atoms with Gasteiger partial charge in [0.15, 0.2) is 0 Å². The van der Waals surface area contributed by atoms with Crippen molar-refractivity contribution in [2.75, 3.05) is 11.9 Å². The molecule has 1 amide bonds. The SMILES string of the molecule is N[C@H]1CCCC[C@H]1Nc1cc2c(c(-c3ccc4[nH]cnc4c3)c1)C(=O)NCC2. The molecule has 1 aliphatic carbocycles. The molecule has 2 atom stereocenters. The first kappa shape index (κ1) is 17.3. The van der Waals surface area contributed by atoms with E-state index in [0.717, 1.165) is 58.2 Å². The first-order chi connectivity index (χ1) is 13.7. The zero-order valence-electron chi connectivity index (χ0n) is 15.8. The summed E-state index contributed by atoms with van der Waals surface area (Å²) in [6.07, 6.45) is 7.10. The van der Waals surface area contributed by atoms with Crippen LogP contribution in [0.25, 0.3) is 22.2 Å². The van der Waals surface area contributed by atoms with Crippen LogP contribution in [-0.2, 0) is 6.42 Å². The van der Waals surface area contributed by atoms with Gasteiger partial charge in [-0.3, -0.25) is 4.79 Å². The number of nitrogens with one attached hydrogen (secondary N) is 3. The van der Waals surface area contributed by atoms with E-state index >= 15 is 0 Å². The zero-order chi connectivity index (χ0) is 19.1. The maximum atomic E-state index is 12.7. The molecule has 5 N–H and O–H groups in total. The normalized spacial score (nSPS) is 22.0. The van der Waals surface area contributed by atoms with Gasteiger partial charge in [-0.05, 0) is 60.2 Å². The third kappa shape index (κ3) is 3.03. The summed E-state index contributed by atoms with van der Waals surface area (Å²) < 4.78 is 0. The van der Waals surface area contributed by atoms with Gasteiger partial charge in [-0.2, -0.15) is 0 Å². The molecule has 1 saturated carbocycles. The van der Waals surface area contributed by atoms with Crippen molar-refractivity contribution in [2.24, 2.45) is 5.73 Å². The van der Waals surface area contributed by atoms with Gasteiger partial charge < -0.3 is 21.4 Å². The Morgan fingerprint density at radius 3 is 2.93 bits per heavy atom. The van der Waals surface area contributed by atoms with Crippen molar-refractivity contribution >= 4 is 22.6 Å². The Labute approximate surface area is 163 Å². The van der Waals surface area contributed by atoms with Crippen LogP contribution in [0.5, 0.6) is 0 Å². The molecule has 0 bridgehead atoms. The topological polar surface area (TPSA) is 95.8 Å². The van der Waals surface area contributed by atoms with Gasteiger partial charge in [0.1, 0.15) is 0 Å². The number of fused-ring (bicyclic) bond motifs is 2. The molecule has 28 heavy (non-hydrogen) atoms. The van der Waals surface area contributed by atoms with E-state index in [2.05, 4.69) is 32.7 Å². The van der Waals surface area contributed by atoms with Gasteiger partial charge in [0.05, 0.1) is 22.9 Å². The van der Waals surface area contributed by atoms with E-state index < -0.39 is 0 Å². The minimum atomic E-state index is -0.000655. The van der Waals surface area contributed by atoms with Crippen molar-refractivity contribution in [3.8, 4) is 11.1 Å². The Morgan fingerprint density at radius 2 is 2.04 bits per heavy atom. The summed E-state index contributed by atoms with van der Waals surface area (Å²) in [5.74, 6) is -0.000655. The first-order valence-electron chi connectivity index (χ1n) is 10.1. The summed E-state index contributed by atoms with van der Waals surface area (Å²) in [5, 5.41) is 6.65. The van der Waals surface area contributed by atoms with Gasteiger partial charge in [-0.1, -0.05) is 18.9 Å². The number of imidazole rings is 1. The number of aromatic amines is 1. The Morgan fingerprint density at radius 1 is 1.14 bits per heavy atom. The van der Waals surface area contributed by atoms with Crippen molar-refractivity contribution in [3.63, 3.8) is 0 Å². The second kappa shape index (κ2) is 6.95. The molecular formula is C22H25N5O. The smallest absolute Gasteiger partial charge is 0.252 e. The quantitative estimate of drug-likeness (QED) is 0.565. The van der Waals surface area contributed by atoms with E-state index in [1.165, 1.54) is 12.8 Å². The Bertz CT molecular complexity index is 1040. The third-order valence-corrected chi connectivity index (χ3v) is 6.03. The standard InChI is InChI=1S/C22H25N5O/c23-17-3-1-2-4-18(17)27-15-9-14-7-8-24-22(28)21(14)16(11-15)13-5-6-19-20(10-13)26-12-25-19/h5-6,9-12,17-18,27H,1-4,7-8,23H2,(H,24,28)(H,25,26)/t17-,18+/m0/s1. The van der Waals surface area contributed by atoms with Crippen molar-refractivity contribution in [3.05, 3.63) is 47.8 Å². The fourth-order valence-corrected chi connectivity index (χ4v) is 4.53. The van der Waals surface area contributed by atoms with Crippen molar-refractivity contribution < 1.29 is 4.79 Å². The molecule has 6 heteroatoms. The molecule has 6 nitrogen and oxygen atoms in total. The van der Waals surface area contributed by atoms with E-state index in [1.54, 1.807) is 6.33 Å². The molecule has 5 rings (SSSR count). The largest absolute Gasteiger partial charge is 0.381 e. The van der Waals surface area contributed by atoms with Crippen LogP contribution < -0.4 is 16.4 Å². The summed E-state index contributed by atoms with van der Waals surface area (Å²) in [6.45, 7) is 0.677. The summed E-state index contributed by atoms with van der Waals surface area (Å²) in [4.78, 5) is 20.2. The molecule has 2 aliphatic rings. The number of aromatic nitrogens is 2. The molecule has 2 heterocycles. The van der Waals surface area contributed by atoms with E-state index in [9.17, 15) is 4.79 Å². The Hall–Kier alpha value is -2.86. The lowest BCUT2D eigenvalue weighted by Gasteiger charge is -2.31. The lowest BCUT2D eigenvalue weighted by atomic mass is 9.88. The first-order valence-corrected chi connectivity index (χ1v) is 10.1. The third-order valence-electron chi connectivity index (χ3n) is 6.03. The average Bonchev–Trinajstić information content (AvgIpc) is 3.17. The molecule has 0 saturated heterocycles. The average molecular weight is 375 g/mol. The maximum Gasteiger partial charge on any atom is 0.252 e. The van der Waals surface area contributed by atoms with Crippen LogP contribution >= 0.6 is 0 Å². The molecule has 1 aliphatic heterocycles. The zero-order valence-corrected chi connectivity index (χ0v) is 15.8. The fraction of sp³-hybridized carbons (Fsp3) is 0.364. The second-order valence-electron chi connectivity index (χ2n) is 7.90. The highest BCUT2D eigenvalue weighted by Gasteiger charge is 2.25. The number of H-pyrrole nitrogens is 1. The highest BCUT2D eigenvalue weighted by Crippen LogP contribution is 2.34. The number of carbonyl (C=O) groups excluding carboxylic acids is 1. The minimum Gasteiger partial charge on any atom is -0.381 e. The molecule has 1 aromatic heterocycles. The van der Waals surface area contributed by atoms with Gasteiger partial charge in [-0.15, -0.1) is 0 Å². The number of nitrogens with two attached hydrogens (primary N) is 1. The molecular weight excluding hydrogens is 350 g/mol. The lowest BCUT2D eigenvalue weighted by molar-refractivity contribution is 0.0947. The predicted molar refractivity (Wildman–Crippen MR) is 111 cm³/mol. The number of amides is 1. The van der Waals surface area contributed by atoms with Crippen LogP contribution in [0.2, 0.25) is 0 Å². The predicted octanol–water partition coefficient (Wildman–Crippen LogP) is 3.20. The summed E-state index contributed by atoms with van der Waals surface area (Å²) in [5.41, 5.74) is 13.1. The number of carbonyl (C=O) groups is 1. The lowest BCUT2D eigenvalue weighted by Crippen LogP contribution is -2.42. The van der Waals surface area contributed by atoms with E-state index in [4.69, 9.17) is 5.73 Å². The van der Waals surface area contributed by atoms with Gasteiger partial charge in [0.25, 0.3) is 5.91 Å². The van der Waals surface area contributed by atoms with Crippen LogP contribution in [0.4, 0.5) is 5.69 Å². The summed E-state index contributed by atoms with van der Waals surface area (Å²) in [7, 11) is 0. The van der Waals surface area contributed by atoms with Crippen LogP contribution in [0.3, 0.4) is 0 Å². The molecule has 0 spiro atoms. The molecule has 1 fully saturated rings. The molecule has 144 valence electrons. The summed E-state index contributed by atoms with van der Waals surface area (Å²) >= 11 is 0. The van der Waals surface area contributed by atoms with Crippen molar-refractivity contribution in [2.45, 2.75) is 44.2 Å². The van der Waals surface area contributed by atoms with E-state index in [-0.39, 0.29) is 18.0 Å². The molecule has 0 radical (unpaired) electrons. The van der Waals surface area contributed by atoms with Crippen LogP contribution in [-0.4, -0.2) is 34.5 Å². The Kier molecular flexibility index (Phi) is 4.28. The molecule has 2 aromatic carbocycles. The number of rotatable bonds is 3. The molecule has 3 aromatic rings. The van der Waals surface area contributed by atoms with Crippen LogP contribution in [0.1, 0.15) is 41.6 Å². The van der Waals surface area contributed by atoms with Crippen molar-refractivity contribution in [1.29, 1.82) is 0 Å². The monoisotopic (exact) mass is 375 g/mol. The van der Waals surface area contributed by atoms with Crippen molar-refractivity contribution in [1.82, 2.24) is 15.3 Å². The van der Waals surface area contributed by atoms with Gasteiger partial charge >= 0.3 is 0 Å². The van der Waals surface area contributed by atoms with Crippen LogP contribution in [0.15, 0.2) is 36.7 Å². The number of hydrogen-bond acceptors (Lipinski definition) is 4. The fourth-order valence-electron chi connectivity index (χ4n) is 4.53. The number of benzene rings is 2. The Balaban J connectivity index is 1.60. The second-order valence-corrected chi connectivity index (χ2v) is 7.90. The summed E-state index contributed by atoms with van der Waals surface area (Å²) in [6, 6.07) is 10.8. The molecule has 0 unspecified atom stereocenters. The van der Waals surface area contributed by atoms with Crippen LogP contribution in [0, 0.1) is 0 Å². The minimum absolute atomic E-state index is 0.000655. The maximum absolute atomic E-state index is 12.7. The van der Waals surface area contributed by atoms with E-state index in [1.807, 2.05) is 18.2 Å².